The first-order valence-electron chi connectivity index (χ1n) is 7.21. The van der Waals surface area contributed by atoms with Crippen LogP contribution in [0.25, 0.3) is 0 Å². The van der Waals surface area contributed by atoms with Gasteiger partial charge in [-0.2, -0.15) is 0 Å². The second-order valence-electron chi connectivity index (χ2n) is 5.61. The topological polar surface area (TPSA) is 67.4 Å². The lowest BCUT2D eigenvalue weighted by Gasteiger charge is -2.29. The highest BCUT2D eigenvalue weighted by Gasteiger charge is 2.33. The molecule has 1 aliphatic carbocycles. The van der Waals surface area contributed by atoms with E-state index in [1.807, 2.05) is 13.0 Å². The molecule has 1 aromatic carbocycles. The van der Waals surface area contributed by atoms with E-state index in [1.165, 1.54) is 13.1 Å². The van der Waals surface area contributed by atoms with Crippen LogP contribution in [0.2, 0.25) is 10.0 Å². The van der Waals surface area contributed by atoms with Crippen LogP contribution in [0.5, 0.6) is 5.75 Å². The van der Waals surface area contributed by atoms with Crippen molar-refractivity contribution < 1.29 is 14.3 Å². The standard InChI is InChI=1S/C16H18Cl2N2O3/c1-16(8-4-3-5-9-16)14(21)20-10-6-7-11(13(18)12(10)17)23-15(22)19-2/h3-4,6-7H,5,8-9H2,1-2H3,(H,19,22)(H,20,21). The number of anilines is 1. The Morgan fingerprint density at radius 2 is 1.96 bits per heavy atom. The van der Waals surface area contributed by atoms with E-state index < -0.39 is 11.5 Å². The maximum atomic E-state index is 12.5. The van der Waals surface area contributed by atoms with E-state index in [0.717, 1.165) is 12.8 Å². The normalized spacial score (nSPS) is 20.0. The second-order valence-corrected chi connectivity index (χ2v) is 6.36. The third-order valence-electron chi connectivity index (χ3n) is 3.85. The predicted octanol–water partition coefficient (Wildman–Crippen LogP) is 4.40. The molecule has 0 heterocycles. The minimum atomic E-state index is -0.652. The van der Waals surface area contributed by atoms with Gasteiger partial charge in [-0.05, 0) is 31.4 Å². The van der Waals surface area contributed by atoms with Crippen LogP contribution in [-0.4, -0.2) is 19.0 Å². The second kappa shape index (κ2) is 7.23. The molecule has 1 atom stereocenters. The SMILES string of the molecule is CNC(=O)Oc1ccc(NC(=O)C2(C)CC=CCC2)c(Cl)c1Cl. The van der Waals surface area contributed by atoms with Crippen molar-refractivity contribution in [3.8, 4) is 5.75 Å². The van der Waals surface area contributed by atoms with Gasteiger partial charge in [-0.25, -0.2) is 4.79 Å². The Balaban J connectivity index is 2.17. The average molecular weight is 357 g/mol. The van der Waals surface area contributed by atoms with Crippen molar-refractivity contribution in [1.29, 1.82) is 0 Å². The third-order valence-corrected chi connectivity index (χ3v) is 4.71. The molecule has 23 heavy (non-hydrogen) atoms. The van der Waals surface area contributed by atoms with Gasteiger partial charge in [-0.15, -0.1) is 0 Å². The first-order chi connectivity index (χ1) is 10.9. The van der Waals surface area contributed by atoms with Crippen LogP contribution < -0.4 is 15.4 Å². The van der Waals surface area contributed by atoms with E-state index in [1.54, 1.807) is 6.07 Å². The highest BCUT2D eigenvalue weighted by Crippen LogP contribution is 2.39. The summed E-state index contributed by atoms with van der Waals surface area (Å²) in [5.41, 5.74) is -0.0799. The van der Waals surface area contributed by atoms with Gasteiger partial charge in [-0.3, -0.25) is 4.79 Å². The Morgan fingerprint density at radius 1 is 1.22 bits per heavy atom. The first kappa shape index (κ1) is 17.6. The summed E-state index contributed by atoms with van der Waals surface area (Å²) in [5, 5.41) is 5.33. The lowest BCUT2D eigenvalue weighted by molar-refractivity contribution is -0.125. The Kier molecular flexibility index (Phi) is 5.55. The van der Waals surface area contributed by atoms with Crippen LogP contribution in [0.3, 0.4) is 0 Å². The average Bonchev–Trinajstić information content (AvgIpc) is 2.54. The number of benzene rings is 1. The number of amides is 2. The molecule has 0 aliphatic heterocycles. The van der Waals surface area contributed by atoms with Crippen molar-refractivity contribution in [2.45, 2.75) is 26.2 Å². The molecule has 1 unspecified atom stereocenters. The molecule has 2 rings (SSSR count). The molecule has 124 valence electrons. The van der Waals surface area contributed by atoms with Crippen LogP contribution in [-0.2, 0) is 4.79 Å². The van der Waals surface area contributed by atoms with Gasteiger partial charge < -0.3 is 15.4 Å². The quantitative estimate of drug-likeness (QED) is 0.788. The summed E-state index contributed by atoms with van der Waals surface area (Å²) < 4.78 is 4.98. The first-order valence-corrected chi connectivity index (χ1v) is 7.97. The summed E-state index contributed by atoms with van der Waals surface area (Å²) in [6.07, 6.45) is 5.76. The van der Waals surface area contributed by atoms with E-state index in [2.05, 4.69) is 16.7 Å². The number of ether oxygens (including phenoxy) is 1. The molecule has 0 fully saturated rings. The maximum Gasteiger partial charge on any atom is 0.412 e. The van der Waals surface area contributed by atoms with E-state index in [9.17, 15) is 9.59 Å². The summed E-state index contributed by atoms with van der Waals surface area (Å²) >= 11 is 12.3. The summed E-state index contributed by atoms with van der Waals surface area (Å²) in [4.78, 5) is 23.8. The highest BCUT2D eigenvalue weighted by atomic mass is 35.5. The number of hydrogen-bond donors (Lipinski definition) is 2. The van der Waals surface area contributed by atoms with E-state index in [4.69, 9.17) is 27.9 Å². The lowest BCUT2D eigenvalue weighted by Crippen LogP contribution is -2.34. The van der Waals surface area contributed by atoms with Gasteiger partial charge in [0.1, 0.15) is 5.02 Å². The van der Waals surface area contributed by atoms with Crippen LogP contribution >= 0.6 is 23.2 Å². The fourth-order valence-electron chi connectivity index (χ4n) is 2.30. The Morgan fingerprint density at radius 3 is 2.57 bits per heavy atom. The van der Waals surface area contributed by atoms with Crippen LogP contribution in [0.15, 0.2) is 24.3 Å². The lowest BCUT2D eigenvalue weighted by atomic mass is 9.78. The monoisotopic (exact) mass is 356 g/mol. The summed E-state index contributed by atoms with van der Waals surface area (Å²) in [7, 11) is 1.44. The van der Waals surface area contributed by atoms with Crippen LogP contribution in [0.4, 0.5) is 10.5 Å². The zero-order valence-electron chi connectivity index (χ0n) is 12.9. The number of carbonyl (C=O) groups excluding carboxylic acids is 2. The molecule has 0 radical (unpaired) electrons. The maximum absolute atomic E-state index is 12.5. The molecule has 7 heteroatoms. The third kappa shape index (κ3) is 3.98. The van der Waals surface area contributed by atoms with E-state index in [-0.39, 0.29) is 21.7 Å². The molecule has 2 amide bonds. The van der Waals surface area contributed by atoms with E-state index >= 15 is 0 Å². The number of rotatable bonds is 3. The molecule has 0 saturated heterocycles. The van der Waals surface area contributed by atoms with Gasteiger partial charge in [0, 0.05) is 7.05 Å². The van der Waals surface area contributed by atoms with Crippen molar-refractivity contribution in [2.75, 3.05) is 12.4 Å². The van der Waals surface area contributed by atoms with Crippen molar-refractivity contribution >= 4 is 40.9 Å². The molecule has 1 aliphatic rings. The molecular weight excluding hydrogens is 339 g/mol. The summed E-state index contributed by atoms with van der Waals surface area (Å²) in [6, 6.07) is 3.05. The predicted molar refractivity (Wildman–Crippen MR) is 91.3 cm³/mol. The Bertz CT molecular complexity index is 661. The highest BCUT2D eigenvalue weighted by molar-refractivity contribution is 6.45. The molecule has 5 nitrogen and oxygen atoms in total. The smallest absolute Gasteiger partial charge is 0.409 e. The Hall–Kier alpha value is -1.72. The van der Waals surface area contributed by atoms with Crippen LogP contribution in [0, 0.1) is 5.41 Å². The number of halogens is 2. The number of carbonyl (C=O) groups is 2. The number of nitrogens with one attached hydrogen (secondary N) is 2. The molecular formula is C16H18Cl2N2O3. The minimum absolute atomic E-state index is 0.0711. The van der Waals surface area contributed by atoms with Gasteiger partial charge in [0.2, 0.25) is 5.91 Å². The fourth-order valence-corrected chi connectivity index (χ4v) is 2.71. The van der Waals surface area contributed by atoms with Crippen LogP contribution in [0.1, 0.15) is 26.2 Å². The molecule has 0 aromatic heterocycles. The zero-order chi connectivity index (χ0) is 17.0. The van der Waals surface area contributed by atoms with E-state index in [0.29, 0.717) is 12.1 Å². The van der Waals surface area contributed by atoms with Crippen molar-refractivity contribution in [1.82, 2.24) is 5.32 Å². The molecule has 0 spiro atoms. The zero-order valence-corrected chi connectivity index (χ0v) is 14.4. The summed E-state index contributed by atoms with van der Waals surface area (Å²) in [6.45, 7) is 1.92. The van der Waals surface area contributed by atoms with Gasteiger partial charge in [0.05, 0.1) is 16.1 Å². The van der Waals surface area contributed by atoms with Gasteiger partial charge in [-0.1, -0.05) is 42.3 Å². The van der Waals surface area contributed by atoms with Gasteiger partial charge >= 0.3 is 6.09 Å². The fraction of sp³-hybridized carbons (Fsp3) is 0.375. The number of allylic oxidation sites excluding steroid dienone is 2. The van der Waals surface area contributed by atoms with Crippen molar-refractivity contribution in [3.05, 3.63) is 34.3 Å². The van der Waals surface area contributed by atoms with Gasteiger partial charge in [0.15, 0.2) is 5.75 Å². The molecule has 0 saturated carbocycles. The molecule has 0 bridgehead atoms. The van der Waals surface area contributed by atoms with Gasteiger partial charge in [0.25, 0.3) is 0 Å². The van der Waals surface area contributed by atoms with Crippen molar-refractivity contribution in [3.63, 3.8) is 0 Å². The minimum Gasteiger partial charge on any atom is -0.409 e. The Labute approximate surface area is 145 Å². The largest absolute Gasteiger partial charge is 0.412 e. The molecule has 2 N–H and O–H groups in total. The summed E-state index contributed by atoms with van der Waals surface area (Å²) in [5.74, 6) is 0.0145. The number of hydrogen-bond acceptors (Lipinski definition) is 3. The molecule has 1 aromatic rings. The van der Waals surface area contributed by atoms with Crippen molar-refractivity contribution in [2.24, 2.45) is 5.41 Å².